The van der Waals surface area contributed by atoms with Crippen molar-refractivity contribution in [2.24, 2.45) is 0 Å². The Bertz CT molecular complexity index is 342. The molecule has 0 spiro atoms. The van der Waals surface area contributed by atoms with Gasteiger partial charge in [-0.15, -0.1) is 0 Å². The van der Waals surface area contributed by atoms with Crippen LogP contribution in [0.25, 0.3) is 6.08 Å². The molecule has 0 unspecified atom stereocenters. The molecule has 1 aromatic rings. The van der Waals surface area contributed by atoms with Gasteiger partial charge in [0, 0.05) is 17.8 Å². The number of carbonyl (C=O) groups excluding carboxylic acids is 1. The molecule has 0 aromatic heterocycles. The van der Waals surface area contributed by atoms with Gasteiger partial charge >= 0.3 is 0 Å². The van der Waals surface area contributed by atoms with E-state index in [0.717, 1.165) is 29.6 Å². The van der Waals surface area contributed by atoms with Gasteiger partial charge in [-0.25, -0.2) is 0 Å². The number of nitrogens with one attached hydrogen (secondary N) is 1. The van der Waals surface area contributed by atoms with E-state index in [1.807, 2.05) is 18.2 Å². The summed E-state index contributed by atoms with van der Waals surface area (Å²) < 4.78 is 0. The van der Waals surface area contributed by atoms with E-state index in [0.29, 0.717) is 0 Å². The average Bonchev–Trinajstić information content (AvgIpc) is 2.17. The van der Waals surface area contributed by atoms with Crippen molar-refractivity contribution in [3.63, 3.8) is 0 Å². The van der Waals surface area contributed by atoms with Gasteiger partial charge < -0.3 is 5.32 Å². The summed E-state index contributed by atoms with van der Waals surface area (Å²) in [6.45, 7) is 0.843. The van der Waals surface area contributed by atoms with E-state index in [2.05, 4.69) is 17.5 Å². The number of fused-ring (bicyclic) bond motifs is 1. The van der Waals surface area contributed by atoms with Gasteiger partial charge in [0.15, 0.2) is 0 Å². The van der Waals surface area contributed by atoms with Crippen LogP contribution in [-0.4, -0.2) is 12.8 Å². The fourth-order valence-electron chi connectivity index (χ4n) is 1.30. The van der Waals surface area contributed by atoms with Gasteiger partial charge in [0.05, 0.1) is 0 Å². The lowest BCUT2D eigenvalue weighted by molar-refractivity contribution is 0.112. The SMILES string of the molecule is O=Cc1ccc2c(c1)NCC=C2. The molecule has 0 atom stereocenters. The van der Waals surface area contributed by atoms with E-state index in [1.165, 1.54) is 0 Å². The number of anilines is 1. The fraction of sp³-hybridized carbons (Fsp3) is 0.100. The molecule has 2 heteroatoms. The average molecular weight is 159 g/mol. The topological polar surface area (TPSA) is 29.1 Å². The Balaban J connectivity index is 2.50. The number of benzene rings is 1. The van der Waals surface area contributed by atoms with Gasteiger partial charge in [-0.05, 0) is 11.6 Å². The summed E-state index contributed by atoms with van der Waals surface area (Å²) in [7, 11) is 0. The van der Waals surface area contributed by atoms with Crippen LogP contribution < -0.4 is 5.32 Å². The van der Waals surface area contributed by atoms with Crippen LogP contribution in [0.4, 0.5) is 5.69 Å². The minimum Gasteiger partial charge on any atom is -0.381 e. The zero-order valence-electron chi connectivity index (χ0n) is 6.58. The lowest BCUT2D eigenvalue weighted by atomic mass is 10.1. The van der Waals surface area contributed by atoms with Crippen LogP contribution in [0.15, 0.2) is 24.3 Å². The van der Waals surface area contributed by atoms with E-state index in [9.17, 15) is 4.79 Å². The van der Waals surface area contributed by atoms with Crippen LogP contribution in [-0.2, 0) is 0 Å². The maximum atomic E-state index is 10.4. The van der Waals surface area contributed by atoms with E-state index in [-0.39, 0.29) is 0 Å². The zero-order valence-corrected chi connectivity index (χ0v) is 6.58. The van der Waals surface area contributed by atoms with Crippen molar-refractivity contribution in [3.8, 4) is 0 Å². The quantitative estimate of drug-likeness (QED) is 0.634. The second kappa shape index (κ2) is 2.81. The van der Waals surface area contributed by atoms with E-state index in [4.69, 9.17) is 0 Å². The third kappa shape index (κ3) is 1.11. The molecular weight excluding hydrogens is 150 g/mol. The summed E-state index contributed by atoms with van der Waals surface area (Å²) >= 11 is 0. The van der Waals surface area contributed by atoms with Crippen LogP contribution in [0.1, 0.15) is 15.9 Å². The summed E-state index contributed by atoms with van der Waals surface area (Å²) in [5.74, 6) is 0. The molecule has 1 N–H and O–H groups in total. The van der Waals surface area contributed by atoms with Crippen molar-refractivity contribution in [2.45, 2.75) is 0 Å². The monoisotopic (exact) mass is 159 g/mol. The highest BCUT2D eigenvalue weighted by Gasteiger charge is 2.02. The van der Waals surface area contributed by atoms with Crippen molar-refractivity contribution in [1.29, 1.82) is 0 Å². The van der Waals surface area contributed by atoms with Crippen molar-refractivity contribution >= 4 is 18.0 Å². The zero-order chi connectivity index (χ0) is 8.39. The summed E-state index contributed by atoms with van der Waals surface area (Å²) in [6, 6.07) is 5.64. The van der Waals surface area contributed by atoms with Crippen molar-refractivity contribution in [2.75, 3.05) is 11.9 Å². The largest absolute Gasteiger partial charge is 0.381 e. The molecule has 60 valence electrons. The maximum Gasteiger partial charge on any atom is 0.150 e. The minimum atomic E-state index is 0.719. The van der Waals surface area contributed by atoms with Gasteiger partial charge in [0.1, 0.15) is 6.29 Å². The number of hydrogen-bond donors (Lipinski definition) is 1. The van der Waals surface area contributed by atoms with E-state index < -0.39 is 0 Å². The van der Waals surface area contributed by atoms with Gasteiger partial charge in [0.2, 0.25) is 0 Å². The Kier molecular flexibility index (Phi) is 1.67. The third-order valence-electron chi connectivity index (χ3n) is 1.92. The molecule has 2 nitrogen and oxygen atoms in total. The summed E-state index contributed by atoms with van der Waals surface area (Å²) in [6.07, 6.45) is 4.98. The summed E-state index contributed by atoms with van der Waals surface area (Å²) in [5, 5.41) is 3.19. The maximum absolute atomic E-state index is 10.4. The molecular formula is C10H9NO. The smallest absolute Gasteiger partial charge is 0.150 e. The molecule has 1 aromatic carbocycles. The Labute approximate surface area is 70.9 Å². The second-order valence-corrected chi connectivity index (χ2v) is 2.75. The highest BCUT2D eigenvalue weighted by molar-refractivity contribution is 5.81. The molecule has 12 heavy (non-hydrogen) atoms. The first-order chi connectivity index (χ1) is 5.90. The first-order valence-corrected chi connectivity index (χ1v) is 3.90. The second-order valence-electron chi connectivity index (χ2n) is 2.75. The summed E-state index contributed by atoms with van der Waals surface area (Å²) in [5.41, 5.74) is 2.91. The highest BCUT2D eigenvalue weighted by atomic mass is 16.1. The molecule has 0 amide bonds. The molecule has 1 aliphatic heterocycles. The third-order valence-corrected chi connectivity index (χ3v) is 1.92. The standard InChI is InChI=1S/C10H9NO/c12-7-8-3-4-9-2-1-5-11-10(9)6-8/h1-4,6-7,11H,5H2. The Morgan fingerprint density at radius 1 is 1.42 bits per heavy atom. The summed E-state index contributed by atoms with van der Waals surface area (Å²) in [4.78, 5) is 10.4. The Hall–Kier alpha value is -1.57. The molecule has 0 saturated heterocycles. The molecule has 1 aliphatic rings. The molecule has 1 heterocycles. The predicted octanol–water partition coefficient (Wildman–Crippen LogP) is 1.94. The van der Waals surface area contributed by atoms with Gasteiger partial charge in [-0.2, -0.15) is 0 Å². The fourth-order valence-corrected chi connectivity index (χ4v) is 1.30. The number of rotatable bonds is 1. The highest BCUT2D eigenvalue weighted by Crippen LogP contribution is 2.21. The van der Waals surface area contributed by atoms with E-state index in [1.54, 1.807) is 0 Å². The van der Waals surface area contributed by atoms with Crippen molar-refractivity contribution in [3.05, 3.63) is 35.4 Å². The molecule has 0 aliphatic carbocycles. The predicted molar refractivity (Wildman–Crippen MR) is 49.4 cm³/mol. The molecule has 0 fully saturated rings. The van der Waals surface area contributed by atoms with Crippen LogP contribution >= 0.6 is 0 Å². The number of aldehydes is 1. The molecule has 2 rings (SSSR count). The Morgan fingerprint density at radius 2 is 2.33 bits per heavy atom. The van der Waals surface area contributed by atoms with E-state index >= 15 is 0 Å². The van der Waals surface area contributed by atoms with Crippen LogP contribution in [0, 0.1) is 0 Å². The Morgan fingerprint density at radius 3 is 3.17 bits per heavy atom. The van der Waals surface area contributed by atoms with Gasteiger partial charge in [0.25, 0.3) is 0 Å². The molecule has 0 saturated carbocycles. The van der Waals surface area contributed by atoms with Crippen LogP contribution in [0.2, 0.25) is 0 Å². The van der Waals surface area contributed by atoms with Gasteiger partial charge in [-0.1, -0.05) is 24.3 Å². The number of hydrogen-bond acceptors (Lipinski definition) is 2. The van der Waals surface area contributed by atoms with Crippen molar-refractivity contribution in [1.82, 2.24) is 0 Å². The number of carbonyl (C=O) groups is 1. The lowest BCUT2D eigenvalue weighted by Crippen LogP contribution is -2.04. The normalized spacial score (nSPS) is 13.3. The van der Waals surface area contributed by atoms with Crippen LogP contribution in [0.3, 0.4) is 0 Å². The lowest BCUT2D eigenvalue weighted by Gasteiger charge is -2.12. The van der Waals surface area contributed by atoms with Gasteiger partial charge in [-0.3, -0.25) is 4.79 Å². The molecule has 0 bridgehead atoms. The minimum absolute atomic E-state index is 0.719. The van der Waals surface area contributed by atoms with Crippen molar-refractivity contribution < 1.29 is 4.79 Å². The first-order valence-electron chi connectivity index (χ1n) is 3.90. The van der Waals surface area contributed by atoms with Crippen LogP contribution in [0.5, 0.6) is 0 Å². The molecule has 0 radical (unpaired) electrons. The first kappa shape index (κ1) is 7.10.